The summed E-state index contributed by atoms with van der Waals surface area (Å²) in [5.41, 5.74) is 3.27. The van der Waals surface area contributed by atoms with Gasteiger partial charge in [-0.05, 0) is 18.9 Å². The molecule has 2 aromatic heterocycles. The van der Waals surface area contributed by atoms with Crippen LogP contribution in [0.3, 0.4) is 0 Å². The van der Waals surface area contributed by atoms with Crippen LogP contribution in [0.15, 0.2) is 51.0 Å². The number of nitrogens with one attached hydrogen (secondary N) is 2. The summed E-state index contributed by atoms with van der Waals surface area (Å²) in [4.78, 5) is 31.0. The molecule has 0 atom stereocenters. The van der Waals surface area contributed by atoms with Gasteiger partial charge in [-0.1, -0.05) is 60.1 Å². The second-order valence-corrected chi connectivity index (χ2v) is 7.03. The molecule has 3 rings (SSSR count). The van der Waals surface area contributed by atoms with Gasteiger partial charge in [0.15, 0.2) is 5.16 Å². The highest BCUT2D eigenvalue weighted by Gasteiger charge is 2.14. The van der Waals surface area contributed by atoms with Gasteiger partial charge < -0.3 is 9.51 Å². The van der Waals surface area contributed by atoms with Crippen molar-refractivity contribution in [1.82, 2.24) is 15.1 Å². The number of hydrogen-bond acceptors (Lipinski definition) is 6. The second-order valence-electron chi connectivity index (χ2n) is 6.06. The summed E-state index contributed by atoms with van der Waals surface area (Å²) in [6.45, 7) is 4.03. The van der Waals surface area contributed by atoms with Crippen molar-refractivity contribution in [1.29, 1.82) is 0 Å². The third kappa shape index (κ3) is 5.07. The molecular weight excluding hydrogens is 364 g/mol. The highest BCUT2D eigenvalue weighted by molar-refractivity contribution is 7.99. The molecule has 0 fully saturated rings. The molecule has 0 aliphatic rings. The van der Waals surface area contributed by atoms with Crippen molar-refractivity contribution in [2.45, 2.75) is 31.8 Å². The Balaban J connectivity index is 1.65. The number of benzene rings is 1. The van der Waals surface area contributed by atoms with Gasteiger partial charge in [0.1, 0.15) is 0 Å². The van der Waals surface area contributed by atoms with E-state index in [1.165, 1.54) is 17.8 Å². The monoisotopic (exact) mass is 384 g/mol. The van der Waals surface area contributed by atoms with E-state index < -0.39 is 0 Å². The van der Waals surface area contributed by atoms with Crippen molar-refractivity contribution in [3.05, 3.63) is 58.1 Å². The summed E-state index contributed by atoms with van der Waals surface area (Å²) in [6, 6.07) is 9.33. The molecule has 0 radical (unpaired) electrons. The fourth-order valence-corrected chi connectivity index (χ4v) is 3.20. The van der Waals surface area contributed by atoms with Gasteiger partial charge >= 0.3 is 0 Å². The second kappa shape index (κ2) is 8.68. The maximum Gasteiger partial charge on any atom is 0.251 e. The van der Waals surface area contributed by atoms with Gasteiger partial charge in [-0.2, -0.15) is 0 Å². The maximum absolute atomic E-state index is 12.3. The minimum atomic E-state index is -0.270. The van der Waals surface area contributed by atoms with Gasteiger partial charge in [0.25, 0.3) is 5.56 Å². The number of thioether (sulfide) groups is 1. The Kier molecular flexibility index (Phi) is 6.08. The van der Waals surface area contributed by atoms with Crippen LogP contribution in [-0.4, -0.2) is 26.8 Å². The third-order valence-electron chi connectivity index (χ3n) is 3.81. The number of aromatic amines is 1. The Hall–Kier alpha value is -2.87. The van der Waals surface area contributed by atoms with Crippen molar-refractivity contribution < 1.29 is 9.32 Å². The molecule has 27 heavy (non-hydrogen) atoms. The van der Waals surface area contributed by atoms with Crippen LogP contribution in [0.5, 0.6) is 0 Å². The Morgan fingerprint density at radius 2 is 2.07 bits per heavy atom. The van der Waals surface area contributed by atoms with E-state index >= 15 is 0 Å². The number of H-pyrrole nitrogens is 1. The summed E-state index contributed by atoms with van der Waals surface area (Å²) in [5, 5.41) is 6.93. The normalized spacial score (nSPS) is 10.7. The average Bonchev–Trinajstić information content (AvgIpc) is 3.08. The zero-order valence-electron chi connectivity index (χ0n) is 15.1. The molecule has 0 bridgehead atoms. The lowest BCUT2D eigenvalue weighted by Gasteiger charge is -2.05. The zero-order valence-corrected chi connectivity index (χ0v) is 15.9. The summed E-state index contributed by atoms with van der Waals surface area (Å²) in [5.74, 6) is 0.117. The Morgan fingerprint density at radius 1 is 1.30 bits per heavy atom. The van der Waals surface area contributed by atoms with Crippen molar-refractivity contribution in [2.75, 3.05) is 11.1 Å². The van der Waals surface area contributed by atoms with E-state index in [4.69, 9.17) is 4.52 Å². The van der Waals surface area contributed by atoms with Crippen LogP contribution in [0.25, 0.3) is 11.1 Å². The SMILES string of the molecule is CCCc1cc(=O)[nH]c(SCC(=O)Nc2oncc2-c2ccc(C)cc2)n1. The molecular formula is C19H20N4O3S. The molecule has 0 saturated heterocycles. The van der Waals surface area contributed by atoms with E-state index in [0.29, 0.717) is 16.6 Å². The molecule has 7 nitrogen and oxygen atoms in total. The first kappa shape index (κ1) is 18.9. The quantitative estimate of drug-likeness (QED) is 0.478. The van der Waals surface area contributed by atoms with Crippen molar-refractivity contribution in [2.24, 2.45) is 0 Å². The van der Waals surface area contributed by atoms with Crippen molar-refractivity contribution >= 4 is 23.6 Å². The van der Waals surface area contributed by atoms with E-state index in [1.54, 1.807) is 6.20 Å². The predicted molar refractivity (Wildman–Crippen MR) is 105 cm³/mol. The highest BCUT2D eigenvalue weighted by Crippen LogP contribution is 2.28. The Morgan fingerprint density at radius 3 is 2.81 bits per heavy atom. The maximum atomic E-state index is 12.3. The van der Waals surface area contributed by atoms with Gasteiger partial charge in [-0.3, -0.25) is 14.9 Å². The summed E-state index contributed by atoms with van der Waals surface area (Å²) in [7, 11) is 0. The van der Waals surface area contributed by atoms with Gasteiger partial charge in [-0.25, -0.2) is 4.98 Å². The summed E-state index contributed by atoms with van der Waals surface area (Å²) < 4.78 is 5.18. The fraction of sp³-hybridized carbons (Fsp3) is 0.263. The van der Waals surface area contributed by atoms with Crippen LogP contribution in [0.2, 0.25) is 0 Å². The number of anilines is 1. The smallest absolute Gasteiger partial charge is 0.251 e. The molecule has 1 amide bonds. The number of amides is 1. The van der Waals surface area contributed by atoms with E-state index in [1.807, 2.05) is 38.1 Å². The molecule has 0 unspecified atom stereocenters. The lowest BCUT2D eigenvalue weighted by Crippen LogP contribution is -2.16. The van der Waals surface area contributed by atoms with Crippen LogP contribution in [0.1, 0.15) is 24.6 Å². The standard InChI is InChI=1S/C19H20N4O3S/c1-3-4-14-9-16(24)23-19(21-14)27-11-17(25)22-18-15(10-20-26-18)13-7-5-12(2)6-8-13/h5-10H,3-4,11H2,1-2H3,(H,22,25)(H,21,23,24). The molecule has 1 aromatic carbocycles. The van der Waals surface area contributed by atoms with Crippen LogP contribution in [0, 0.1) is 6.92 Å². The average molecular weight is 384 g/mol. The molecule has 0 saturated carbocycles. The summed E-state index contributed by atoms with van der Waals surface area (Å²) in [6.07, 6.45) is 3.19. The van der Waals surface area contributed by atoms with Gasteiger partial charge in [0.2, 0.25) is 11.8 Å². The minimum Gasteiger partial charge on any atom is -0.338 e. The molecule has 3 aromatic rings. The number of carbonyl (C=O) groups is 1. The van der Waals surface area contributed by atoms with E-state index in [0.717, 1.165) is 29.7 Å². The van der Waals surface area contributed by atoms with Crippen molar-refractivity contribution in [3.63, 3.8) is 0 Å². The molecule has 140 valence electrons. The number of rotatable bonds is 7. The molecule has 0 aliphatic heterocycles. The lowest BCUT2D eigenvalue weighted by molar-refractivity contribution is -0.113. The third-order valence-corrected chi connectivity index (χ3v) is 4.68. The molecule has 0 aliphatic carbocycles. The van der Waals surface area contributed by atoms with Crippen LogP contribution in [-0.2, 0) is 11.2 Å². The number of nitrogens with zero attached hydrogens (tertiary/aromatic N) is 2. The molecule has 2 heterocycles. The Labute approximate surface area is 160 Å². The van der Waals surface area contributed by atoms with E-state index in [9.17, 15) is 9.59 Å². The number of aryl methyl sites for hydroxylation is 2. The zero-order chi connectivity index (χ0) is 19.2. The number of aromatic nitrogens is 3. The summed E-state index contributed by atoms with van der Waals surface area (Å²) >= 11 is 1.17. The number of carbonyl (C=O) groups excluding carboxylic acids is 1. The van der Waals surface area contributed by atoms with Crippen molar-refractivity contribution in [3.8, 4) is 11.1 Å². The largest absolute Gasteiger partial charge is 0.338 e. The van der Waals surface area contributed by atoms with Gasteiger partial charge in [0.05, 0.1) is 17.5 Å². The fourth-order valence-electron chi connectivity index (χ4n) is 2.50. The molecule has 2 N–H and O–H groups in total. The van der Waals surface area contributed by atoms with Gasteiger partial charge in [0, 0.05) is 11.8 Å². The lowest BCUT2D eigenvalue weighted by atomic mass is 10.1. The Bertz CT molecular complexity index is 979. The minimum absolute atomic E-state index is 0.0898. The molecule has 0 spiro atoms. The first-order chi connectivity index (χ1) is 13.0. The van der Waals surface area contributed by atoms with Crippen LogP contribution < -0.4 is 10.9 Å². The van der Waals surface area contributed by atoms with Crippen LogP contribution >= 0.6 is 11.8 Å². The predicted octanol–water partition coefficient (Wildman–Crippen LogP) is 3.42. The van der Waals surface area contributed by atoms with Gasteiger partial charge in [-0.15, -0.1) is 0 Å². The topological polar surface area (TPSA) is 101 Å². The first-order valence-corrected chi connectivity index (χ1v) is 9.58. The van der Waals surface area contributed by atoms with E-state index in [2.05, 4.69) is 20.4 Å². The van der Waals surface area contributed by atoms with E-state index in [-0.39, 0.29) is 17.2 Å². The first-order valence-electron chi connectivity index (χ1n) is 8.59. The highest BCUT2D eigenvalue weighted by atomic mass is 32.2. The number of hydrogen-bond donors (Lipinski definition) is 2. The molecule has 8 heteroatoms. The van der Waals surface area contributed by atoms with Crippen LogP contribution in [0.4, 0.5) is 5.88 Å².